The molecule has 0 atom stereocenters. The van der Waals surface area contributed by atoms with Crippen LogP contribution in [0.1, 0.15) is 16.7 Å². The van der Waals surface area contributed by atoms with Crippen molar-refractivity contribution in [2.45, 2.75) is 20.4 Å². The maximum absolute atomic E-state index is 12.3. The highest BCUT2D eigenvalue weighted by Gasteiger charge is 2.08. The Labute approximate surface area is 214 Å². The number of hydrogen-bond acceptors (Lipinski definition) is 4. The lowest BCUT2D eigenvalue weighted by atomic mass is 10.1. The molecule has 0 spiro atoms. The second-order valence-electron chi connectivity index (χ2n) is 8.19. The molecule has 0 aliphatic rings. The lowest BCUT2D eigenvalue weighted by Crippen LogP contribution is -2.20. The van der Waals surface area contributed by atoms with Crippen LogP contribution >= 0.6 is 15.9 Å². The van der Waals surface area contributed by atoms with E-state index in [9.17, 15) is 4.79 Å². The fraction of sp³-hybridized carbons (Fsp3) is 0.138. The largest absolute Gasteiger partial charge is 0.483 e. The van der Waals surface area contributed by atoms with Gasteiger partial charge < -0.3 is 20.1 Å². The van der Waals surface area contributed by atoms with E-state index < -0.39 is 0 Å². The number of hydrogen-bond donors (Lipinski definition) is 2. The van der Waals surface area contributed by atoms with Crippen LogP contribution in [0.4, 0.5) is 11.4 Å². The molecule has 178 valence electrons. The first kappa shape index (κ1) is 24.4. The summed E-state index contributed by atoms with van der Waals surface area (Å²) in [5, 5.41) is 6.27. The molecule has 0 saturated heterocycles. The van der Waals surface area contributed by atoms with E-state index in [0.29, 0.717) is 12.3 Å². The van der Waals surface area contributed by atoms with E-state index in [2.05, 4.69) is 26.6 Å². The van der Waals surface area contributed by atoms with Crippen molar-refractivity contribution in [1.82, 2.24) is 0 Å². The van der Waals surface area contributed by atoms with Crippen molar-refractivity contribution in [2.24, 2.45) is 0 Å². The summed E-state index contributed by atoms with van der Waals surface area (Å²) in [6, 6.07) is 29.2. The normalized spacial score (nSPS) is 10.5. The van der Waals surface area contributed by atoms with Gasteiger partial charge in [0.1, 0.15) is 17.2 Å². The Hall–Kier alpha value is -3.77. The maximum Gasteiger partial charge on any atom is 0.262 e. The predicted molar refractivity (Wildman–Crippen MR) is 144 cm³/mol. The van der Waals surface area contributed by atoms with Gasteiger partial charge in [0.25, 0.3) is 5.91 Å². The molecule has 5 nitrogen and oxygen atoms in total. The van der Waals surface area contributed by atoms with E-state index in [1.165, 1.54) is 5.56 Å². The third-order valence-corrected chi connectivity index (χ3v) is 6.10. The minimum Gasteiger partial charge on any atom is -0.483 e. The molecule has 0 aliphatic carbocycles. The average molecular weight is 531 g/mol. The predicted octanol–water partition coefficient (Wildman–Crippen LogP) is 7.49. The van der Waals surface area contributed by atoms with Gasteiger partial charge in [0, 0.05) is 17.9 Å². The van der Waals surface area contributed by atoms with E-state index in [0.717, 1.165) is 38.5 Å². The first-order chi connectivity index (χ1) is 17.0. The SMILES string of the molecule is Cc1ccc(NC(=O)COc2ccc(CNc3ccc(Oc4ccccc4)cc3)cc2Br)cc1C. The molecule has 0 heterocycles. The number of aryl methyl sites for hydroxylation is 2. The summed E-state index contributed by atoms with van der Waals surface area (Å²) in [4.78, 5) is 12.3. The van der Waals surface area contributed by atoms with Gasteiger partial charge in [-0.05, 0) is 107 Å². The second-order valence-corrected chi connectivity index (χ2v) is 9.05. The fourth-order valence-corrected chi connectivity index (χ4v) is 3.94. The van der Waals surface area contributed by atoms with Crippen LogP contribution in [0.15, 0.2) is 95.5 Å². The van der Waals surface area contributed by atoms with Crippen molar-refractivity contribution in [3.05, 3.63) is 112 Å². The zero-order valence-electron chi connectivity index (χ0n) is 19.7. The summed E-state index contributed by atoms with van der Waals surface area (Å²) in [6.07, 6.45) is 0. The van der Waals surface area contributed by atoms with E-state index in [-0.39, 0.29) is 12.5 Å². The quantitative estimate of drug-likeness (QED) is 0.235. The van der Waals surface area contributed by atoms with Gasteiger partial charge in [0.2, 0.25) is 0 Å². The minimum atomic E-state index is -0.203. The summed E-state index contributed by atoms with van der Waals surface area (Å²) in [5.41, 5.74) is 5.15. The van der Waals surface area contributed by atoms with Gasteiger partial charge in [-0.15, -0.1) is 0 Å². The van der Waals surface area contributed by atoms with Crippen LogP contribution in [-0.2, 0) is 11.3 Å². The monoisotopic (exact) mass is 530 g/mol. The topological polar surface area (TPSA) is 59.6 Å². The first-order valence-electron chi connectivity index (χ1n) is 11.3. The molecule has 0 fully saturated rings. The Bertz CT molecular complexity index is 1290. The maximum atomic E-state index is 12.3. The molecule has 0 unspecified atom stereocenters. The van der Waals surface area contributed by atoms with Gasteiger partial charge in [-0.25, -0.2) is 0 Å². The van der Waals surface area contributed by atoms with Crippen molar-refractivity contribution < 1.29 is 14.3 Å². The van der Waals surface area contributed by atoms with Crippen LogP contribution in [0.3, 0.4) is 0 Å². The van der Waals surface area contributed by atoms with Gasteiger partial charge in [0.05, 0.1) is 4.47 Å². The van der Waals surface area contributed by atoms with Gasteiger partial charge in [-0.3, -0.25) is 4.79 Å². The highest BCUT2D eigenvalue weighted by molar-refractivity contribution is 9.10. The van der Waals surface area contributed by atoms with Crippen LogP contribution in [0.2, 0.25) is 0 Å². The van der Waals surface area contributed by atoms with Crippen LogP contribution in [0.5, 0.6) is 17.2 Å². The molecular formula is C29H27BrN2O3. The summed E-state index contributed by atoms with van der Waals surface area (Å²) >= 11 is 3.55. The second kappa shape index (κ2) is 11.6. The smallest absolute Gasteiger partial charge is 0.262 e. The molecule has 0 saturated carbocycles. The van der Waals surface area contributed by atoms with Crippen molar-refractivity contribution in [1.29, 1.82) is 0 Å². The number of para-hydroxylation sites is 1. The lowest BCUT2D eigenvalue weighted by Gasteiger charge is -2.12. The highest BCUT2D eigenvalue weighted by Crippen LogP contribution is 2.27. The Morgan fingerprint density at radius 1 is 0.800 bits per heavy atom. The Kier molecular flexibility index (Phi) is 8.06. The summed E-state index contributed by atoms with van der Waals surface area (Å²) in [5.74, 6) is 2.01. The Balaban J connectivity index is 1.26. The van der Waals surface area contributed by atoms with Gasteiger partial charge >= 0.3 is 0 Å². The molecule has 4 aromatic rings. The van der Waals surface area contributed by atoms with E-state index in [4.69, 9.17) is 9.47 Å². The fourth-order valence-electron chi connectivity index (χ4n) is 3.40. The van der Waals surface area contributed by atoms with Crippen LogP contribution in [0.25, 0.3) is 0 Å². The van der Waals surface area contributed by atoms with Crippen molar-refractivity contribution in [3.63, 3.8) is 0 Å². The van der Waals surface area contributed by atoms with Crippen molar-refractivity contribution in [2.75, 3.05) is 17.2 Å². The summed E-state index contributed by atoms with van der Waals surface area (Å²) < 4.78 is 12.3. The number of halogens is 1. The molecule has 0 bridgehead atoms. The molecule has 1 amide bonds. The lowest BCUT2D eigenvalue weighted by molar-refractivity contribution is -0.118. The third kappa shape index (κ3) is 7.11. The zero-order chi connectivity index (χ0) is 24.6. The number of carbonyl (C=O) groups excluding carboxylic acids is 1. The van der Waals surface area contributed by atoms with Crippen LogP contribution in [-0.4, -0.2) is 12.5 Å². The minimum absolute atomic E-state index is 0.0689. The average Bonchev–Trinajstić information content (AvgIpc) is 2.86. The molecule has 0 aliphatic heterocycles. The molecule has 2 N–H and O–H groups in total. The molecule has 0 radical (unpaired) electrons. The van der Waals surface area contributed by atoms with E-state index in [1.807, 2.05) is 105 Å². The van der Waals surface area contributed by atoms with E-state index >= 15 is 0 Å². The number of rotatable bonds is 9. The van der Waals surface area contributed by atoms with Gasteiger partial charge in [0.15, 0.2) is 6.61 Å². The number of nitrogens with one attached hydrogen (secondary N) is 2. The zero-order valence-corrected chi connectivity index (χ0v) is 21.3. The number of amides is 1. The van der Waals surface area contributed by atoms with Gasteiger partial charge in [-0.1, -0.05) is 30.3 Å². The Morgan fingerprint density at radius 2 is 1.51 bits per heavy atom. The van der Waals surface area contributed by atoms with Crippen LogP contribution in [0, 0.1) is 13.8 Å². The van der Waals surface area contributed by atoms with E-state index in [1.54, 1.807) is 0 Å². The van der Waals surface area contributed by atoms with Crippen molar-refractivity contribution in [3.8, 4) is 17.2 Å². The summed E-state index contributed by atoms with van der Waals surface area (Å²) in [7, 11) is 0. The molecule has 35 heavy (non-hydrogen) atoms. The molecular weight excluding hydrogens is 504 g/mol. The third-order valence-electron chi connectivity index (χ3n) is 5.48. The van der Waals surface area contributed by atoms with Crippen molar-refractivity contribution >= 4 is 33.2 Å². The number of ether oxygens (including phenoxy) is 2. The summed E-state index contributed by atoms with van der Waals surface area (Å²) in [6.45, 7) is 4.63. The number of anilines is 2. The number of benzene rings is 4. The van der Waals surface area contributed by atoms with Crippen LogP contribution < -0.4 is 20.1 Å². The Morgan fingerprint density at radius 3 is 2.23 bits per heavy atom. The first-order valence-corrected chi connectivity index (χ1v) is 12.1. The van der Waals surface area contributed by atoms with Gasteiger partial charge in [-0.2, -0.15) is 0 Å². The molecule has 4 aromatic carbocycles. The molecule has 0 aromatic heterocycles. The standard InChI is InChI=1S/C29H27BrN2O3/c1-20-8-10-24(16-21(20)2)32-29(33)19-34-28-15-9-22(17-27(28)30)18-31-23-11-13-26(14-12-23)35-25-6-4-3-5-7-25/h3-17,31H,18-19H2,1-2H3,(H,32,33). The number of carbonyl (C=O) groups is 1. The highest BCUT2D eigenvalue weighted by atomic mass is 79.9. The molecule has 6 heteroatoms. The molecule has 4 rings (SSSR count).